The quantitative estimate of drug-likeness (QED) is 0.850. The van der Waals surface area contributed by atoms with Gasteiger partial charge in [0.05, 0.1) is 11.9 Å². The third-order valence-corrected chi connectivity index (χ3v) is 3.30. The number of nitrogens with one attached hydrogen (secondary N) is 2. The Labute approximate surface area is 137 Å². The highest BCUT2D eigenvalue weighted by molar-refractivity contribution is 5.89. The van der Waals surface area contributed by atoms with Crippen LogP contribution in [0.4, 0.5) is 22.9 Å². The van der Waals surface area contributed by atoms with E-state index in [0.717, 1.165) is 17.1 Å². The lowest BCUT2D eigenvalue weighted by molar-refractivity contribution is -0.116. The Morgan fingerprint density at radius 2 is 1.74 bits per heavy atom. The second kappa shape index (κ2) is 7.63. The molecule has 0 atom stereocenters. The van der Waals surface area contributed by atoms with Gasteiger partial charge in [0.15, 0.2) is 0 Å². The minimum atomic E-state index is -0.00696. The summed E-state index contributed by atoms with van der Waals surface area (Å²) >= 11 is 0. The van der Waals surface area contributed by atoms with E-state index in [1.807, 2.05) is 46.1 Å². The summed E-state index contributed by atoms with van der Waals surface area (Å²) in [5.41, 5.74) is 3.02. The average molecular weight is 312 g/mol. The van der Waals surface area contributed by atoms with Crippen LogP contribution in [0.3, 0.4) is 0 Å². The van der Waals surface area contributed by atoms with Gasteiger partial charge in [0, 0.05) is 31.9 Å². The Balaban J connectivity index is 1.95. The Hall–Kier alpha value is -2.56. The molecule has 0 unspecified atom stereocenters. The maximum Gasteiger partial charge on any atom is 0.225 e. The van der Waals surface area contributed by atoms with Crippen molar-refractivity contribution in [3.05, 3.63) is 42.6 Å². The molecule has 122 valence electrons. The number of pyridine rings is 1. The van der Waals surface area contributed by atoms with Crippen LogP contribution in [0, 0.1) is 5.92 Å². The third kappa shape index (κ3) is 5.29. The standard InChI is InChI=1S/C18H24N4O/c1-13(2)11-18(23)21-17-10-7-15(12-19-17)20-14-5-8-16(9-6-14)22(3)4/h5-10,12-13,20H,11H2,1-4H3,(H,19,21,23). The molecular weight excluding hydrogens is 288 g/mol. The van der Waals surface area contributed by atoms with Gasteiger partial charge in [-0.2, -0.15) is 0 Å². The van der Waals surface area contributed by atoms with Crippen LogP contribution >= 0.6 is 0 Å². The number of carbonyl (C=O) groups is 1. The smallest absolute Gasteiger partial charge is 0.225 e. The molecule has 5 heteroatoms. The topological polar surface area (TPSA) is 57.3 Å². The van der Waals surface area contributed by atoms with Gasteiger partial charge >= 0.3 is 0 Å². The number of anilines is 4. The molecule has 1 aromatic heterocycles. The summed E-state index contributed by atoms with van der Waals surface area (Å²) in [6.07, 6.45) is 2.21. The lowest BCUT2D eigenvalue weighted by Gasteiger charge is -2.13. The number of nitrogens with zero attached hydrogens (tertiary/aromatic N) is 2. The van der Waals surface area contributed by atoms with E-state index in [0.29, 0.717) is 18.2 Å². The van der Waals surface area contributed by atoms with Crippen molar-refractivity contribution in [2.24, 2.45) is 5.92 Å². The molecule has 2 N–H and O–H groups in total. The van der Waals surface area contributed by atoms with Crippen LogP contribution < -0.4 is 15.5 Å². The molecule has 0 spiro atoms. The van der Waals surface area contributed by atoms with Gasteiger partial charge in [-0.1, -0.05) is 13.8 Å². The summed E-state index contributed by atoms with van der Waals surface area (Å²) in [6, 6.07) is 11.8. The van der Waals surface area contributed by atoms with Gasteiger partial charge in [0.25, 0.3) is 0 Å². The number of hydrogen-bond acceptors (Lipinski definition) is 4. The van der Waals surface area contributed by atoms with Crippen LogP contribution in [0.1, 0.15) is 20.3 Å². The zero-order chi connectivity index (χ0) is 16.8. The van der Waals surface area contributed by atoms with E-state index in [2.05, 4.69) is 32.7 Å². The zero-order valence-electron chi connectivity index (χ0n) is 14.1. The summed E-state index contributed by atoms with van der Waals surface area (Å²) in [5.74, 6) is 0.901. The van der Waals surface area contributed by atoms with Crippen LogP contribution in [-0.2, 0) is 4.79 Å². The molecule has 2 aromatic rings. The summed E-state index contributed by atoms with van der Waals surface area (Å²) in [5, 5.41) is 6.09. The van der Waals surface area contributed by atoms with Crippen LogP contribution in [0.5, 0.6) is 0 Å². The first-order valence-electron chi connectivity index (χ1n) is 7.74. The molecule has 0 aliphatic rings. The lowest BCUT2D eigenvalue weighted by atomic mass is 10.1. The van der Waals surface area contributed by atoms with Crippen molar-refractivity contribution in [2.75, 3.05) is 29.6 Å². The van der Waals surface area contributed by atoms with Gasteiger partial charge in [-0.15, -0.1) is 0 Å². The fraction of sp³-hybridized carbons (Fsp3) is 0.333. The summed E-state index contributed by atoms with van der Waals surface area (Å²) in [4.78, 5) is 18.0. The van der Waals surface area contributed by atoms with Crippen molar-refractivity contribution in [2.45, 2.75) is 20.3 Å². The molecule has 0 saturated heterocycles. The normalized spacial score (nSPS) is 10.5. The predicted molar refractivity (Wildman–Crippen MR) is 96.4 cm³/mol. The third-order valence-electron chi connectivity index (χ3n) is 3.30. The molecule has 0 aliphatic heterocycles. The fourth-order valence-corrected chi connectivity index (χ4v) is 2.12. The van der Waals surface area contributed by atoms with Crippen LogP contribution in [0.25, 0.3) is 0 Å². The highest BCUT2D eigenvalue weighted by atomic mass is 16.1. The summed E-state index contributed by atoms with van der Waals surface area (Å²) in [6.45, 7) is 4.03. The Morgan fingerprint density at radius 1 is 1.09 bits per heavy atom. The Morgan fingerprint density at radius 3 is 2.26 bits per heavy atom. The van der Waals surface area contributed by atoms with Gasteiger partial charge in [-0.05, 0) is 42.3 Å². The van der Waals surface area contributed by atoms with Crippen molar-refractivity contribution in [1.82, 2.24) is 4.98 Å². The number of hydrogen-bond donors (Lipinski definition) is 2. The maximum atomic E-state index is 11.7. The van der Waals surface area contributed by atoms with E-state index in [-0.39, 0.29) is 5.91 Å². The van der Waals surface area contributed by atoms with Crippen molar-refractivity contribution in [3.8, 4) is 0 Å². The van der Waals surface area contributed by atoms with Gasteiger partial charge in [0.1, 0.15) is 5.82 Å². The summed E-state index contributed by atoms with van der Waals surface area (Å²) in [7, 11) is 4.03. The SMILES string of the molecule is CC(C)CC(=O)Nc1ccc(Nc2ccc(N(C)C)cc2)cn1. The first-order valence-corrected chi connectivity index (χ1v) is 7.74. The van der Waals surface area contributed by atoms with E-state index < -0.39 is 0 Å². The minimum absolute atomic E-state index is 0.00696. The van der Waals surface area contributed by atoms with Gasteiger partial charge in [0.2, 0.25) is 5.91 Å². The van der Waals surface area contributed by atoms with E-state index in [1.165, 1.54) is 0 Å². The zero-order valence-corrected chi connectivity index (χ0v) is 14.1. The average Bonchev–Trinajstić information content (AvgIpc) is 2.49. The number of amides is 1. The Bertz CT molecular complexity index is 633. The molecule has 0 aliphatic carbocycles. The first kappa shape index (κ1) is 16.8. The van der Waals surface area contributed by atoms with Crippen molar-refractivity contribution >= 4 is 28.8 Å². The maximum absolute atomic E-state index is 11.7. The fourth-order valence-electron chi connectivity index (χ4n) is 2.12. The molecular formula is C18H24N4O. The first-order chi connectivity index (χ1) is 10.9. The van der Waals surface area contributed by atoms with Crippen LogP contribution in [0.15, 0.2) is 42.6 Å². The molecule has 2 rings (SSSR count). The van der Waals surface area contributed by atoms with E-state index >= 15 is 0 Å². The highest BCUT2D eigenvalue weighted by Gasteiger charge is 2.06. The second-order valence-electron chi connectivity index (χ2n) is 6.14. The van der Waals surface area contributed by atoms with Gasteiger partial charge in [-0.25, -0.2) is 4.98 Å². The number of benzene rings is 1. The lowest BCUT2D eigenvalue weighted by Crippen LogP contribution is -2.14. The summed E-state index contributed by atoms with van der Waals surface area (Å²) < 4.78 is 0. The van der Waals surface area contributed by atoms with Gasteiger partial charge < -0.3 is 15.5 Å². The van der Waals surface area contributed by atoms with Crippen LogP contribution in [-0.4, -0.2) is 25.0 Å². The van der Waals surface area contributed by atoms with E-state index in [4.69, 9.17) is 0 Å². The largest absolute Gasteiger partial charge is 0.378 e. The van der Waals surface area contributed by atoms with Crippen molar-refractivity contribution in [3.63, 3.8) is 0 Å². The number of aromatic nitrogens is 1. The molecule has 1 amide bonds. The molecule has 0 saturated carbocycles. The molecule has 23 heavy (non-hydrogen) atoms. The molecule has 1 aromatic carbocycles. The second-order valence-corrected chi connectivity index (χ2v) is 6.14. The molecule has 5 nitrogen and oxygen atoms in total. The molecule has 0 bridgehead atoms. The molecule has 1 heterocycles. The van der Waals surface area contributed by atoms with Crippen LogP contribution in [0.2, 0.25) is 0 Å². The van der Waals surface area contributed by atoms with Crippen molar-refractivity contribution in [1.29, 1.82) is 0 Å². The highest BCUT2D eigenvalue weighted by Crippen LogP contribution is 2.20. The number of rotatable bonds is 6. The monoisotopic (exact) mass is 312 g/mol. The van der Waals surface area contributed by atoms with Crippen molar-refractivity contribution < 1.29 is 4.79 Å². The Kier molecular flexibility index (Phi) is 5.57. The van der Waals surface area contributed by atoms with Gasteiger partial charge in [-0.3, -0.25) is 4.79 Å². The van der Waals surface area contributed by atoms with E-state index in [1.54, 1.807) is 12.3 Å². The molecule has 0 radical (unpaired) electrons. The molecule has 0 fully saturated rings. The van der Waals surface area contributed by atoms with E-state index in [9.17, 15) is 4.79 Å². The minimum Gasteiger partial charge on any atom is -0.378 e. The number of carbonyl (C=O) groups excluding carboxylic acids is 1. The predicted octanol–water partition coefficient (Wildman–Crippen LogP) is 3.88.